The van der Waals surface area contributed by atoms with Crippen molar-refractivity contribution < 1.29 is 23.9 Å². The number of anilines is 1. The Morgan fingerprint density at radius 1 is 1.38 bits per heavy atom. The zero-order chi connectivity index (χ0) is 19.1. The van der Waals surface area contributed by atoms with Crippen molar-refractivity contribution in [2.45, 2.75) is 33.1 Å². The molecule has 0 aromatic carbocycles. The third-order valence-corrected chi connectivity index (χ3v) is 4.37. The van der Waals surface area contributed by atoms with E-state index in [0.717, 1.165) is 6.42 Å². The number of hydrogen-bond acceptors (Lipinski definition) is 7. The van der Waals surface area contributed by atoms with E-state index in [9.17, 15) is 19.2 Å². The first kappa shape index (κ1) is 19.8. The normalized spacial score (nSPS) is 13.8. The Bertz CT molecular complexity index is 688. The van der Waals surface area contributed by atoms with Crippen LogP contribution in [0, 0.1) is 5.92 Å². The summed E-state index contributed by atoms with van der Waals surface area (Å²) in [7, 11) is 0. The predicted molar refractivity (Wildman–Crippen MR) is 94.7 cm³/mol. The van der Waals surface area contributed by atoms with Gasteiger partial charge in [0.05, 0.1) is 12.1 Å². The molecule has 0 spiro atoms. The summed E-state index contributed by atoms with van der Waals surface area (Å²) in [5, 5.41) is 6.84. The first-order valence-corrected chi connectivity index (χ1v) is 9.21. The molecule has 2 rings (SSSR count). The number of thiazole rings is 1. The van der Waals surface area contributed by atoms with Gasteiger partial charge >= 0.3 is 12.0 Å². The molecule has 0 radical (unpaired) electrons. The van der Waals surface area contributed by atoms with Crippen LogP contribution < -0.4 is 15.5 Å². The van der Waals surface area contributed by atoms with Crippen LogP contribution in [0.15, 0.2) is 5.38 Å². The largest absolute Gasteiger partial charge is 0.455 e. The van der Waals surface area contributed by atoms with E-state index in [-0.39, 0.29) is 18.2 Å². The molecule has 1 fully saturated rings. The first-order chi connectivity index (χ1) is 12.3. The van der Waals surface area contributed by atoms with Crippen LogP contribution in [0.25, 0.3) is 0 Å². The smallest absolute Gasteiger partial charge is 0.321 e. The molecule has 10 heteroatoms. The SMILES string of the molecule is CC(C)CNC(=O)NC(=O)COC(=O)Cc1csc(N2CCCC2=O)n1. The van der Waals surface area contributed by atoms with Gasteiger partial charge in [0.2, 0.25) is 5.91 Å². The molecule has 9 nitrogen and oxygen atoms in total. The van der Waals surface area contributed by atoms with Crippen molar-refractivity contribution in [3.8, 4) is 0 Å². The zero-order valence-corrected chi connectivity index (χ0v) is 15.6. The predicted octanol–water partition coefficient (Wildman–Crippen LogP) is 0.837. The van der Waals surface area contributed by atoms with E-state index in [0.29, 0.717) is 30.3 Å². The maximum atomic E-state index is 11.8. The van der Waals surface area contributed by atoms with Crippen LogP contribution in [-0.2, 0) is 25.5 Å². The number of nitrogens with zero attached hydrogens (tertiary/aromatic N) is 2. The van der Waals surface area contributed by atoms with Gasteiger partial charge in [-0.2, -0.15) is 0 Å². The van der Waals surface area contributed by atoms with Crippen molar-refractivity contribution in [2.75, 3.05) is 24.6 Å². The number of amides is 4. The van der Waals surface area contributed by atoms with Gasteiger partial charge < -0.3 is 10.1 Å². The number of aromatic nitrogens is 1. The van der Waals surface area contributed by atoms with E-state index in [1.54, 1.807) is 10.3 Å². The fourth-order valence-corrected chi connectivity index (χ4v) is 3.07. The van der Waals surface area contributed by atoms with Crippen LogP contribution in [0.2, 0.25) is 0 Å². The molecular formula is C16H22N4O5S. The molecule has 1 aliphatic rings. The highest BCUT2D eigenvalue weighted by molar-refractivity contribution is 7.14. The van der Waals surface area contributed by atoms with E-state index in [2.05, 4.69) is 15.6 Å². The minimum atomic E-state index is -0.707. The molecule has 0 saturated carbocycles. The van der Waals surface area contributed by atoms with Crippen LogP contribution in [0.3, 0.4) is 0 Å². The van der Waals surface area contributed by atoms with Gasteiger partial charge in [-0.15, -0.1) is 11.3 Å². The summed E-state index contributed by atoms with van der Waals surface area (Å²) in [6, 6.07) is -0.626. The maximum absolute atomic E-state index is 11.8. The molecular weight excluding hydrogens is 360 g/mol. The van der Waals surface area contributed by atoms with Crippen molar-refractivity contribution in [1.82, 2.24) is 15.6 Å². The van der Waals surface area contributed by atoms with Gasteiger partial charge in [-0.05, 0) is 12.3 Å². The van der Waals surface area contributed by atoms with Crippen molar-refractivity contribution >= 4 is 40.3 Å². The lowest BCUT2D eigenvalue weighted by molar-refractivity contribution is -0.147. The molecule has 2 N–H and O–H groups in total. The van der Waals surface area contributed by atoms with Crippen LogP contribution in [0.5, 0.6) is 0 Å². The number of imide groups is 1. The van der Waals surface area contributed by atoms with Gasteiger partial charge in [-0.3, -0.25) is 24.6 Å². The number of nitrogens with one attached hydrogen (secondary N) is 2. The number of ether oxygens (including phenoxy) is 1. The van der Waals surface area contributed by atoms with Crippen molar-refractivity contribution in [3.05, 3.63) is 11.1 Å². The Morgan fingerprint density at radius 2 is 2.15 bits per heavy atom. The Morgan fingerprint density at radius 3 is 2.81 bits per heavy atom. The van der Waals surface area contributed by atoms with Gasteiger partial charge in [0.15, 0.2) is 11.7 Å². The first-order valence-electron chi connectivity index (χ1n) is 8.33. The number of rotatable bonds is 7. The Hall–Kier alpha value is -2.49. The standard InChI is InChI=1S/C16H22N4O5S/c1-10(2)7-17-15(24)19-12(21)8-25-14(23)6-11-9-26-16(18-11)20-5-3-4-13(20)22/h9-10H,3-8H2,1-2H3,(H2,17,19,21,24). The monoisotopic (exact) mass is 382 g/mol. The lowest BCUT2D eigenvalue weighted by Crippen LogP contribution is -2.42. The second-order valence-corrected chi connectivity index (χ2v) is 7.10. The van der Waals surface area contributed by atoms with Crippen molar-refractivity contribution in [3.63, 3.8) is 0 Å². The zero-order valence-electron chi connectivity index (χ0n) is 14.7. The second kappa shape index (κ2) is 9.27. The van der Waals surface area contributed by atoms with E-state index in [4.69, 9.17) is 4.74 Å². The quantitative estimate of drug-likeness (QED) is 0.675. The molecule has 26 heavy (non-hydrogen) atoms. The summed E-state index contributed by atoms with van der Waals surface area (Å²) in [5.74, 6) is -1.05. The highest BCUT2D eigenvalue weighted by Gasteiger charge is 2.24. The average Bonchev–Trinajstić information content (AvgIpc) is 3.19. The minimum absolute atomic E-state index is 0.0286. The number of hydrogen-bond donors (Lipinski definition) is 2. The van der Waals surface area contributed by atoms with Gasteiger partial charge in [-0.1, -0.05) is 13.8 Å². The average molecular weight is 382 g/mol. The van der Waals surface area contributed by atoms with Crippen LogP contribution in [-0.4, -0.2) is 48.5 Å². The maximum Gasteiger partial charge on any atom is 0.321 e. The molecule has 0 aliphatic carbocycles. The van der Waals surface area contributed by atoms with E-state index in [1.807, 2.05) is 13.8 Å². The Balaban J connectivity index is 1.72. The second-order valence-electron chi connectivity index (χ2n) is 6.26. The molecule has 142 valence electrons. The fraction of sp³-hybridized carbons (Fsp3) is 0.562. The highest BCUT2D eigenvalue weighted by Crippen LogP contribution is 2.25. The molecule has 0 bridgehead atoms. The summed E-state index contributed by atoms with van der Waals surface area (Å²) < 4.78 is 4.84. The summed E-state index contributed by atoms with van der Waals surface area (Å²) in [5.41, 5.74) is 0.477. The highest BCUT2D eigenvalue weighted by atomic mass is 32.1. The summed E-state index contributed by atoms with van der Waals surface area (Å²) in [6.45, 7) is 4.37. The summed E-state index contributed by atoms with van der Waals surface area (Å²) in [4.78, 5) is 52.3. The molecule has 4 amide bonds. The molecule has 1 aromatic rings. The van der Waals surface area contributed by atoms with E-state index < -0.39 is 24.5 Å². The Labute approximate surface area is 155 Å². The van der Waals surface area contributed by atoms with Crippen molar-refractivity contribution in [1.29, 1.82) is 0 Å². The Kier molecular flexibility index (Phi) is 7.07. The molecule has 0 atom stereocenters. The summed E-state index contributed by atoms with van der Waals surface area (Å²) in [6.07, 6.45) is 1.21. The molecule has 2 heterocycles. The van der Waals surface area contributed by atoms with Gasteiger partial charge in [0.1, 0.15) is 0 Å². The molecule has 1 saturated heterocycles. The molecule has 1 aliphatic heterocycles. The summed E-state index contributed by atoms with van der Waals surface area (Å²) >= 11 is 1.29. The van der Waals surface area contributed by atoms with Gasteiger partial charge in [-0.25, -0.2) is 9.78 Å². The third kappa shape index (κ3) is 6.10. The number of esters is 1. The number of carbonyl (C=O) groups is 4. The van der Waals surface area contributed by atoms with Crippen LogP contribution in [0.1, 0.15) is 32.4 Å². The van der Waals surface area contributed by atoms with E-state index >= 15 is 0 Å². The number of carbonyl (C=O) groups excluding carboxylic acids is 4. The minimum Gasteiger partial charge on any atom is -0.455 e. The molecule has 1 aromatic heterocycles. The lowest BCUT2D eigenvalue weighted by Gasteiger charge is -2.10. The van der Waals surface area contributed by atoms with Crippen LogP contribution in [0.4, 0.5) is 9.93 Å². The fourth-order valence-electron chi connectivity index (χ4n) is 2.20. The van der Waals surface area contributed by atoms with Gasteiger partial charge in [0.25, 0.3) is 5.91 Å². The van der Waals surface area contributed by atoms with Gasteiger partial charge in [0, 0.05) is 24.9 Å². The topological polar surface area (TPSA) is 118 Å². The van der Waals surface area contributed by atoms with E-state index in [1.165, 1.54) is 11.3 Å². The molecule has 0 unspecified atom stereocenters. The van der Waals surface area contributed by atoms with Crippen molar-refractivity contribution in [2.24, 2.45) is 5.92 Å². The van der Waals surface area contributed by atoms with Crippen LogP contribution >= 0.6 is 11.3 Å². The third-order valence-electron chi connectivity index (χ3n) is 3.46. The number of urea groups is 1. The lowest BCUT2D eigenvalue weighted by atomic mass is 10.2.